The summed E-state index contributed by atoms with van der Waals surface area (Å²) < 4.78 is 1.86. The summed E-state index contributed by atoms with van der Waals surface area (Å²) in [5.74, 6) is 0.744. The van der Waals surface area contributed by atoms with Crippen molar-refractivity contribution in [1.29, 1.82) is 0 Å². The van der Waals surface area contributed by atoms with Crippen molar-refractivity contribution in [3.05, 3.63) is 58.1 Å². The fraction of sp³-hybridized carbons (Fsp3) is 0.263. The number of carbonyl (C=O) groups is 1. The number of rotatable bonds is 5. The number of anilines is 1. The van der Waals surface area contributed by atoms with Crippen molar-refractivity contribution in [1.82, 2.24) is 25.1 Å². The number of urea groups is 1. The Morgan fingerprint density at radius 2 is 1.96 bits per heavy atom. The van der Waals surface area contributed by atoms with E-state index < -0.39 is 0 Å². The van der Waals surface area contributed by atoms with E-state index in [0.717, 1.165) is 29.8 Å². The maximum absolute atomic E-state index is 12.5. The third kappa shape index (κ3) is 3.95. The highest BCUT2D eigenvalue weighted by atomic mass is 35.5. The third-order valence-electron chi connectivity index (χ3n) is 4.57. The van der Waals surface area contributed by atoms with Crippen LogP contribution in [0.5, 0.6) is 0 Å². The zero-order valence-electron chi connectivity index (χ0n) is 15.1. The number of hydrogen-bond acceptors (Lipinski definition) is 4. The molecule has 0 bridgehead atoms. The zero-order valence-corrected chi connectivity index (χ0v) is 16.7. The van der Waals surface area contributed by atoms with E-state index in [2.05, 4.69) is 20.8 Å². The summed E-state index contributed by atoms with van der Waals surface area (Å²) in [6.45, 7) is 0.347. The number of hydrogen-bond donors (Lipinski definition) is 1. The van der Waals surface area contributed by atoms with Crippen LogP contribution in [0.15, 0.2) is 42.5 Å². The van der Waals surface area contributed by atoms with E-state index >= 15 is 0 Å². The average Bonchev–Trinajstić information content (AvgIpc) is 3.42. The van der Waals surface area contributed by atoms with Gasteiger partial charge in [0.15, 0.2) is 5.82 Å². The summed E-state index contributed by atoms with van der Waals surface area (Å²) >= 11 is 12.2. The lowest BCUT2D eigenvalue weighted by molar-refractivity contribution is 0.220. The Balaban J connectivity index is 1.41. The molecule has 0 unspecified atom stereocenters. The summed E-state index contributed by atoms with van der Waals surface area (Å²) in [6, 6.07) is 13.0. The SMILES string of the molecule is CN(Cc1cccc(Cl)c1Cl)C(=O)Nc1ccc(-c2nnnn2C2CC2)cc1. The van der Waals surface area contributed by atoms with Gasteiger partial charge in [-0.25, -0.2) is 9.48 Å². The molecule has 1 fully saturated rings. The van der Waals surface area contributed by atoms with Crippen molar-refractivity contribution < 1.29 is 4.79 Å². The first kappa shape index (κ1) is 18.7. The Morgan fingerprint density at radius 1 is 1.21 bits per heavy atom. The predicted molar refractivity (Wildman–Crippen MR) is 108 cm³/mol. The highest BCUT2D eigenvalue weighted by molar-refractivity contribution is 6.42. The molecule has 0 radical (unpaired) electrons. The largest absolute Gasteiger partial charge is 0.323 e. The normalized spacial score (nSPS) is 13.4. The molecule has 144 valence electrons. The minimum Gasteiger partial charge on any atom is -0.323 e. The van der Waals surface area contributed by atoms with Gasteiger partial charge in [0.2, 0.25) is 0 Å². The van der Waals surface area contributed by atoms with Gasteiger partial charge in [-0.05, 0) is 59.2 Å². The maximum atomic E-state index is 12.5. The lowest BCUT2D eigenvalue weighted by atomic mass is 10.2. The van der Waals surface area contributed by atoms with Gasteiger partial charge in [0.05, 0.1) is 16.1 Å². The number of nitrogens with one attached hydrogen (secondary N) is 1. The second kappa shape index (κ2) is 7.77. The lowest BCUT2D eigenvalue weighted by Crippen LogP contribution is -2.30. The molecule has 1 saturated carbocycles. The van der Waals surface area contributed by atoms with Crippen LogP contribution >= 0.6 is 23.2 Å². The molecule has 3 aromatic rings. The third-order valence-corrected chi connectivity index (χ3v) is 5.42. The smallest absolute Gasteiger partial charge is 0.321 e. The molecule has 2 amide bonds. The second-order valence-corrected chi connectivity index (χ2v) is 7.54. The minimum atomic E-state index is -0.244. The monoisotopic (exact) mass is 416 g/mol. The van der Waals surface area contributed by atoms with Crippen molar-refractivity contribution in [2.45, 2.75) is 25.4 Å². The molecule has 0 spiro atoms. The van der Waals surface area contributed by atoms with Crippen LogP contribution in [-0.4, -0.2) is 38.2 Å². The average molecular weight is 417 g/mol. The van der Waals surface area contributed by atoms with Gasteiger partial charge >= 0.3 is 6.03 Å². The summed E-state index contributed by atoms with van der Waals surface area (Å²) in [5.41, 5.74) is 2.38. The number of benzene rings is 2. The molecule has 0 aliphatic heterocycles. The van der Waals surface area contributed by atoms with Crippen molar-refractivity contribution in [3.8, 4) is 11.4 Å². The van der Waals surface area contributed by atoms with E-state index in [-0.39, 0.29) is 6.03 Å². The summed E-state index contributed by atoms with van der Waals surface area (Å²) in [5, 5.41) is 15.7. The molecular formula is C19H18Cl2N6O. The van der Waals surface area contributed by atoms with Gasteiger partial charge < -0.3 is 10.2 Å². The highest BCUT2D eigenvalue weighted by Crippen LogP contribution is 2.36. The predicted octanol–water partition coefficient (Wildman–Crippen LogP) is 4.65. The highest BCUT2D eigenvalue weighted by Gasteiger charge is 2.28. The van der Waals surface area contributed by atoms with Gasteiger partial charge in [0.25, 0.3) is 0 Å². The second-order valence-electron chi connectivity index (χ2n) is 6.75. The molecule has 9 heteroatoms. The summed E-state index contributed by atoms with van der Waals surface area (Å²) in [4.78, 5) is 14.0. The molecule has 4 rings (SSSR count). The molecule has 1 aromatic heterocycles. The zero-order chi connectivity index (χ0) is 19.7. The summed E-state index contributed by atoms with van der Waals surface area (Å²) in [6.07, 6.45) is 2.21. The van der Waals surface area contributed by atoms with Gasteiger partial charge in [-0.15, -0.1) is 5.10 Å². The van der Waals surface area contributed by atoms with Crippen molar-refractivity contribution in [2.75, 3.05) is 12.4 Å². The quantitative estimate of drug-likeness (QED) is 0.656. The molecule has 1 aliphatic rings. The number of halogens is 2. The van der Waals surface area contributed by atoms with E-state index in [0.29, 0.717) is 28.3 Å². The number of nitrogens with zero attached hydrogens (tertiary/aromatic N) is 5. The van der Waals surface area contributed by atoms with E-state index in [1.807, 2.05) is 41.1 Å². The van der Waals surface area contributed by atoms with Crippen LogP contribution in [0.2, 0.25) is 10.0 Å². The van der Waals surface area contributed by atoms with Crippen molar-refractivity contribution >= 4 is 34.9 Å². The van der Waals surface area contributed by atoms with E-state index in [1.54, 1.807) is 18.0 Å². The molecular weight excluding hydrogens is 399 g/mol. The van der Waals surface area contributed by atoms with Crippen molar-refractivity contribution in [2.24, 2.45) is 0 Å². The molecule has 1 aliphatic carbocycles. The van der Waals surface area contributed by atoms with Gasteiger partial charge in [0, 0.05) is 24.8 Å². The minimum absolute atomic E-state index is 0.244. The molecule has 7 nitrogen and oxygen atoms in total. The molecule has 2 aromatic carbocycles. The van der Waals surface area contributed by atoms with Gasteiger partial charge in [-0.3, -0.25) is 0 Å². The van der Waals surface area contributed by atoms with E-state index in [4.69, 9.17) is 23.2 Å². The molecule has 1 heterocycles. The van der Waals surface area contributed by atoms with Gasteiger partial charge in [-0.2, -0.15) is 0 Å². The molecule has 1 N–H and O–H groups in total. The van der Waals surface area contributed by atoms with Crippen LogP contribution in [0.4, 0.5) is 10.5 Å². The van der Waals surface area contributed by atoms with Crippen LogP contribution in [0, 0.1) is 0 Å². The van der Waals surface area contributed by atoms with Crippen LogP contribution in [0.3, 0.4) is 0 Å². The Labute approximate surface area is 172 Å². The molecule has 0 saturated heterocycles. The Morgan fingerprint density at radius 3 is 2.68 bits per heavy atom. The fourth-order valence-electron chi connectivity index (χ4n) is 2.87. The van der Waals surface area contributed by atoms with E-state index in [1.165, 1.54) is 0 Å². The Hall–Kier alpha value is -2.64. The summed E-state index contributed by atoms with van der Waals surface area (Å²) in [7, 11) is 1.70. The first-order chi connectivity index (χ1) is 13.5. The topological polar surface area (TPSA) is 75.9 Å². The first-order valence-electron chi connectivity index (χ1n) is 8.86. The number of amides is 2. The Kier molecular flexibility index (Phi) is 5.19. The van der Waals surface area contributed by atoms with E-state index in [9.17, 15) is 4.79 Å². The van der Waals surface area contributed by atoms with Crippen molar-refractivity contribution in [3.63, 3.8) is 0 Å². The number of aromatic nitrogens is 4. The lowest BCUT2D eigenvalue weighted by Gasteiger charge is -2.19. The Bertz CT molecular complexity index is 1000. The van der Waals surface area contributed by atoms with Crippen LogP contribution < -0.4 is 5.32 Å². The molecule has 28 heavy (non-hydrogen) atoms. The number of carbonyl (C=O) groups excluding carboxylic acids is 1. The molecule has 0 atom stereocenters. The number of tetrazole rings is 1. The van der Waals surface area contributed by atoms with Crippen LogP contribution in [-0.2, 0) is 6.54 Å². The van der Waals surface area contributed by atoms with Gasteiger partial charge in [0.1, 0.15) is 0 Å². The fourth-order valence-corrected chi connectivity index (χ4v) is 3.25. The maximum Gasteiger partial charge on any atom is 0.321 e. The van der Waals surface area contributed by atoms with Crippen LogP contribution in [0.1, 0.15) is 24.4 Å². The van der Waals surface area contributed by atoms with Crippen LogP contribution in [0.25, 0.3) is 11.4 Å². The van der Waals surface area contributed by atoms with Gasteiger partial charge in [-0.1, -0.05) is 35.3 Å². The standard InChI is InChI=1S/C19H18Cl2N6O/c1-26(11-13-3-2-4-16(20)17(13)21)19(28)22-14-7-5-12(6-8-14)18-23-24-25-27(18)15-9-10-15/h2-8,15H,9-11H2,1H3,(H,22,28). The first-order valence-corrected chi connectivity index (χ1v) is 9.62.